The maximum atomic E-state index is 8.92. The summed E-state index contributed by atoms with van der Waals surface area (Å²) in [6.45, 7) is 4.88. The van der Waals surface area contributed by atoms with Crippen LogP contribution in [-0.2, 0) is 5.41 Å². The van der Waals surface area contributed by atoms with Crippen molar-refractivity contribution >= 4 is 0 Å². The highest BCUT2D eigenvalue weighted by atomic mass is 16.3. The smallest absolute Gasteiger partial charge is 0.0607 e. The lowest BCUT2D eigenvalue weighted by molar-refractivity contribution is 0.166. The van der Waals surface area contributed by atoms with E-state index in [0.29, 0.717) is 0 Å². The van der Waals surface area contributed by atoms with Crippen molar-refractivity contribution in [3.8, 4) is 0 Å². The third kappa shape index (κ3) is 3.34. The summed E-state index contributed by atoms with van der Waals surface area (Å²) in [5.41, 5.74) is 1.20. The average molecular weight is 212 g/mol. The molecule has 0 unspecified atom stereocenters. The van der Waals surface area contributed by atoms with Crippen molar-refractivity contribution in [1.82, 2.24) is 10.3 Å². The van der Waals surface area contributed by atoms with Crippen LogP contribution in [0.4, 0.5) is 0 Å². The molecule has 0 aliphatic rings. The molecule has 1 aromatic heterocycles. The number of hydrogen-bond donors (Lipinski definition) is 4. The number of nitrogens with one attached hydrogen (secondary N) is 2. The van der Waals surface area contributed by atoms with Crippen LogP contribution in [0.15, 0.2) is 18.5 Å². The quantitative estimate of drug-likeness (QED) is 0.546. The summed E-state index contributed by atoms with van der Waals surface area (Å²) in [5, 5.41) is 21.0. The second-order valence-electron chi connectivity index (χ2n) is 4.43. The van der Waals surface area contributed by atoms with Gasteiger partial charge in [0.05, 0.1) is 19.3 Å². The fourth-order valence-electron chi connectivity index (χ4n) is 1.43. The highest BCUT2D eigenvalue weighted by Crippen LogP contribution is 2.21. The summed E-state index contributed by atoms with van der Waals surface area (Å²) in [4.78, 5) is 3.02. The third-order valence-corrected chi connectivity index (χ3v) is 2.65. The van der Waals surface area contributed by atoms with Crippen LogP contribution in [-0.4, -0.2) is 41.0 Å². The van der Waals surface area contributed by atoms with Gasteiger partial charge in [-0.05, 0) is 11.6 Å². The van der Waals surface area contributed by atoms with Gasteiger partial charge in [-0.2, -0.15) is 0 Å². The van der Waals surface area contributed by atoms with Crippen molar-refractivity contribution in [3.63, 3.8) is 0 Å². The summed E-state index contributed by atoms with van der Waals surface area (Å²) in [5.74, 6) is 0. The molecule has 86 valence electrons. The first-order valence-corrected chi connectivity index (χ1v) is 5.18. The summed E-state index contributed by atoms with van der Waals surface area (Å²) in [6.07, 6.45) is 3.86. The summed E-state index contributed by atoms with van der Waals surface area (Å²) >= 11 is 0. The van der Waals surface area contributed by atoms with Gasteiger partial charge in [-0.3, -0.25) is 0 Å². The summed E-state index contributed by atoms with van der Waals surface area (Å²) in [7, 11) is 0. The van der Waals surface area contributed by atoms with Crippen molar-refractivity contribution in [1.29, 1.82) is 0 Å². The lowest BCUT2D eigenvalue weighted by Crippen LogP contribution is -2.42. The highest BCUT2D eigenvalue weighted by Gasteiger charge is 2.21. The molecule has 0 aromatic carbocycles. The Kier molecular flexibility index (Phi) is 4.32. The van der Waals surface area contributed by atoms with Gasteiger partial charge < -0.3 is 20.5 Å². The summed E-state index contributed by atoms with van der Waals surface area (Å²) in [6, 6.07) is 1.80. The normalized spacial score (nSPS) is 12.3. The van der Waals surface area contributed by atoms with Crippen LogP contribution in [0.5, 0.6) is 0 Å². The van der Waals surface area contributed by atoms with Gasteiger partial charge in [0.25, 0.3) is 0 Å². The van der Waals surface area contributed by atoms with Crippen LogP contribution in [0.3, 0.4) is 0 Å². The van der Waals surface area contributed by atoms with Crippen LogP contribution in [0.25, 0.3) is 0 Å². The molecule has 1 aromatic rings. The zero-order chi connectivity index (χ0) is 11.3. The Morgan fingerprint density at radius 1 is 1.40 bits per heavy atom. The monoisotopic (exact) mass is 212 g/mol. The average Bonchev–Trinajstić information content (AvgIpc) is 2.72. The molecule has 0 aliphatic heterocycles. The third-order valence-electron chi connectivity index (χ3n) is 2.65. The predicted molar refractivity (Wildman–Crippen MR) is 59.8 cm³/mol. The van der Waals surface area contributed by atoms with Gasteiger partial charge in [-0.1, -0.05) is 13.8 Å². The van der Waals surface area contributed by atoms with E-state index >= 15 is 0 Å². The van der Waals surface area contributed by atoms with E-state index in [1.54, 1.807) is 0 Å². The summed E-state index contributed by atoms with van der Waals surface area (Å²) < 4.78 is 0. The van der Waals surface area contributed by atoms with Gasteiger partial charge >= 0.3 is 0 Å². The number of hydrogen-bond acceptors (Lipinski definition) is 3. The number of aromatic nitrogens is 1. The van der Waals surface area contributed by atoms with E-state index in [-0.39, 0.29) is 24.7 Å². The van der Waals surface area contributed by atoms with E-state index in [9.17, 15) is 0 Å². The number of H-pyrrole nitrogens is 1. The topological polar surface area (TPSA) is 68.3 Å². The Labute approximate surface area is 90.3 Å². The number of aliphatic hydroxyl groups is 2. The maximum Gasteiger partial charge on any atom is 0.0607 e. The number of rotatable bonds is 6. The molecule has 0 saturated carbocycles. The second kappa shape index (κ2) is 5.30. The molecule has 0 aliphatic carbocycles. The van der Waals surface area contributed by atoms with Crippen molar-refractivity contribution in [2.45, 2.75) is 25.3 Å². The van der Waals surface area contributed by atoms with Crippen molar-refractivity contribution in [2.75, 3.05) is 19.8 Å². The molecule has 1 heterocycles. The van der Waals surface area contributed by atoms with Gasteiger partial charge in [-0.15, -0.1) is 0 Å². The van der Waals surface area contributed by atoms with Crippen LogP contribution in [0.2, 0.25) is 0 Å². The Morgan fingerprint density at radius 2 is 2.07 bits per heavy atom. The fourth-order valence-corrected chi connectivity index (χ4v) is 1.43. The van der Waals surface area contributed by atoms with E-state index < -0.39 is 0 Å². The van der Waals surface area contributed by atoms with E-state index in [2.05, 4.69) is 24.1 Å². The van der Waals surface area contributed by atoms with Gasteiger partial charge in [0, 0.05) is 24.4 Å². The largest absolute Gasteiger partial charge is 0.395 e. The zero-order valence-corrected chi connectivity index (χ0v) is 9.33. The molecule has 4 heteroatoms. The van der Waals surface area contributed by atoms with Gasteiger partial charge in [-0.25, -0.2) is 0 Å². The van der Waals surface area contributed by atoms with Gasteiger partial charge in [0.15, 0.2) is 0 Å². The van der Waals surface area contributed by atoms with E-state index in [1.165, 1.54) is 5.56 Å². The molecular weight excluding hydrogens is 192 g/mol. The first-order valence-electron chi connectivity index (χ1n) is 5.18. The molecule has 4 nitrogen and oxygen atoms in total. The Bertz CT molecular complexity index is 266. The molecule has 0 saturated heterocycles. The number of aliphatic hydroxyl groups excluding tert-OH is 2. The van der Waals surface area contributed by atoms with E-state index in [1.807, 2.05) is 18.5 Å². The minimum absolute atomic E-state index is 0.0113. The lowest BCUT2D eigenvalue weighted by atomic mass is 9.86. The Morgan fingerprint density at radius 3 is 2.53 bits per heavy atom. The minimum atomic E-state index is -0.233. The highest BCUT2D eigenvalue weighted by molar-refractivity contribution is 5.20. The Hall–Kier alpha value is -0.840. The first-order chi connectivity index (χ1) is 7.10. The van der Waals surface area contributed by atoms with Crippen molar-refractivity contribution < 1.29 is 10.2 Å². The minimum Gasteiger partial charge on any atom is -0.395 e. The molecule has 0 bridgehead atoms. The van der Waals surface area contributed by atoms with Crippen LogP contribution in [0.1, 0.15) is 19.4 Å². The van der Waals surface area contributed by atoms with Crippen LogP contribution in [0, 0.1) is 0 Å². The first kappa shape index (κ1) is 12.2. The molecular formula is C11H20N2O2. The van der Waals surface area contributed by atoms with Crippen molar-refractivity contribution in [3.05, 3.63) is 24.0 Å². The maximum absolute atomic E-state index is 8.92. The number of aromatic amines is 1. The standard InChI is InChI=1S/C11H20N2O2/c1-11(2,9-3-4-12-5-9)8-13-10(6-14)7-15/h3-5,10,12-15H,6-8H2,1-2H3. The fraction of sp³-hybridized carbons (Fsp3) is 0.636. The molecule has 0 atom stereocenters. The van der Waals surface area contributed by atoms with Crippen LogP contribution >= 0.6 is 0 Å². The van der Waals surface area contributed by atoms with Gasteiger partial charge in [0.2, 0.25) is 0 Å². The van der Waals surface area contributed by atoms with E-state index in [0.717, 1.165) is 6.54 Å². The van der Waals surface area contributed by atoms with E-state index in [4.69, 9.17) is 10.2 Å². The molecule has 1 rings (SSSR count). The SMILES string of the molecule is CC(C)(CNC(CO)CO)c1cc[nH]c1. The van der Waals surface area contributed by atoms with Crippen LogP contribution < -0.4 is 5.32 Å². The molecule has 0 radical (unpaired) electrons. The molecule has 0 fully saturated rings. The zero-order valence-electron chi connectivity index (χ0n) is 9.33. The molecule has 15 heavy (non-hydrogen) atoms. The lowest BCUT2D eigenvalue weighted by Gasteiger charge is -2.26. The van der Waals surface area contributed by atoms with Crippen molar-refractivity contribution in [2.24, 2.45) is 0 Å². The van der Waals surface area contributed by atoms with Gasteiger partial charge in [0.1, 0.15) is 0 Å². The molecule has 0 spiro atoms. The second-order valence-corrected chi connectivity index (χ2v) is 4.43. The molecule has 0 amide bonds. The Balaban J connectivity index is 2.50. The molecule has 4 N–H and O–H groups in total. The predicted octanol–water partition coefficient (Wildman–Crippen LogP) is 0.235.